The highest BCUT2D eigenvalue weighted by Crippen LogP contribution is 2.15. The number of hydrazine groups is 1. The second-order valence-electron chi connectivity index (χ2n) is 4.46. The summed E-state index contributed by atoms with van der Waals surface area (Å²) in [6.45, 7) is 9.08. The van der Waals surface area contributed by atoms with Crippen LogP contribution in [0.2, 0.25) is 0 Å². The maximum atomic E-state index is 3.28. The standard InChI is InChI=1S/C11H22N2/c1-9(2)5-6-10(3)13-11(4)7-8-12-13/h7-12H,5-6H2,1-4H3. The van der Waals surface area contributed by atoms with Crippen LogP contribution in [0.15, 0.2) is 12.3 Å². The minimum atomic E-state index is 0.544. The van der Waals surface area contributed by atoms with Gasteiger partial charge in [-0.2, -0.15) is 0 Å². The van der Waals surface area contributed by atoms with Gasteiger partial charge in [-0.3, -0.25) is 0 Å². The first kappa shape index (κ1) is 10.6. The predicted octanol–water partition coefficient (Wildman–Crippen LogP) is 2.53. The lowest BCUT2D eigenvalue weighted by Gasteiger charge is -2.29. The zero-order valence-electron chi connectivity index (χ0n) is 9.25. The summed E-state index contributed by atoms with van der Waals surface area (Å²) >= 11 is 0. The molecule has 13 heavy (non-hydrogen) atoms. The largest absolute Gasteiger partial charge is 0.326 e. The molecule has 0 saturated heterocycles. The SMILES string of the molecule is CC(C)CCC(C)N1NC=CC1C. The van der Waals surface area contributed by atoms with Crippen LogP contribution in [-0.2, 0) is 0 Å². The van der Waals surface area contributed by atoms with Crippen LogP contribution in [0.3, 0.4) is 0 Å². The number of hydrogen-bond acceptors (Lipinski definition) is 2. The van der Waals surface area contributed by atoms with E-state index in [0.29, 0.717) is 12.1 Å². The molecule has 2 unspecified atom stereocenters. The van der Waals surface area contributed by atoms with E-state index in [1.165, 1.54) is 12.8 Å². The number of rotatable bonds is 4. The smallest absolute Gasteiger partial charge is 0.0462 e. The molecule has 2 nitrogen and oxygen atoms in total. The lowest BCUT2D eigenvalue weighted by molar-refractivity contribution is 0.139. The molecule has 0 fully saturated rings. The van der Waals surface area contributed by atoms with E-state index in [0.717, 1.165) is 5.92 Å². The van der Waals surface area contributed by atoms with Gasteiger partial charge in [0.1, 0.15) is 0 Å². The topological polar surface area (TPSA) is 15.3 Å². The molecule has 76 valence electrons. The van der Waals surface area contributed by atoms with Gasteiger partial charge in [-0.25, -0.2) is 5.01 Å². The molecule has 0 aromatic heterocycles. The molecule has 0 amide bonds. The molecular formula is C11H22N2. The second-order valence-corrected chi connectivity index (χ2v) is 4.46. The van der Waals surface area contributed by atoms with Crippen molar-refractivity contribution in [1.29, 1.82) is 0 Å². The minimum Gasteiger partial charge on any atom is -0.326 e. The Kier molecular flexibility index (Phi) is 3.79. The van der Waals surface area contributed by atoms with Crippen molar-refractivity contribution >= 4 is 0 Å². The van der Waals surface area contributed by atoms with Crippen LogP contribution >= 0.6 is 0 Å². The van der Waals surface area contributed by atoms with Crippen LogP contribution in [0, 0.1) is 5.92 Å². The Bertz CT molecular complexity index is 175. The van der Waals surface area contributed by atoms with E-state index in [-0.39, 0.29) is 0 Å². The molecule has 0 aliphatic carbocycles. The maximum Gasteiger partial charge on any atom is 0.0462 e. The van der Waals surface area contributed by atoms with Crippen molar-refractivity contribution in [1.82, 2.24) is 10.4 Å². The van der Waals surface area contributed by atoms with Crippen LogP contribution in [0.5, 0.6) is 0 Å². The van der Waals surface area contributed by atoms with Crippen molar-refractivity contribution in [3.63, 3.8) is 0 Å². The highest BCUT2D eigenvalue weighted by molar-refractivity contribution is 4.97. The Hall–Kier alpha value is -0.500. The molecule has 0 radical (unpaired) electrons. The first-order valence-electron chi connectivity index (χ1n) is 5.32. The van der Waals surface area contributed by atoms with E-state index >= 15 is 0 Å². The highest BCUT2D eigenvalue weighted by atomic mass is 15.5. The number of nitrogens with zero attached hydrogens (tertiary/aromatic N) is 1. The van der Waals surface area contributed by atoms with Gasteiger partial charge in [-0.1, -0.05) is 13.8 Å². The Morgan fingerprint density at radius 2 is 2.00 bits per heavy atom. The molecule has 0 spiro atoms. The van der Waals surface area contributed by atoms with Crippen molar-refractivity contribution in [3.05, 3.63) is 12.3 Å². The van der Waals surface area contributed by atoms with Gasteiger partial charge in [0, 0.05) is 18.3 Å². The van der Waals surface area contributed by atoms with Gasteiger partial charge in [0.25, 0.3) is 0 Å². The summed E-state index contributed by atoms with van der Waals surface area (Å²) in [5.74, 6) is 0.813. The molecular weight excluding hydrogens is 160 g/mol. The van der Waals surface area contributed by atoms with E-state index in [9.17, 15) is 0 Å². The quantitative estimate of drug-likeness (QED) is 0.718. The normalized spacial score (nSPS) is 25.2. The number of nitrogens with one attached hydrogen (secondary N) is 1. The van der Waals surface area contributed by atoms with Gasteiger partial charge < -0.3 is 5.43 Å². The summed E-state index contributed by atoms with van der Waals surface area (Å²) in [5, 5.41) is 2.32. The monoisotopic (exact) mass is 182 g/mol. The summed E-state index contributed by atoms with van der Waals surface area (Å²) < 4.78 is 0. The fourth-order valence-corrected chi connectivity index (χ4v) is 1.72. The Morgan fingerprint density at radius 3 is 2.46 bits per heavy atom. The van der Waals surface area contributed by atoms with E-state index in [2.05, 4.69) is 44.2 Å². The van der Waals surface area contributed by atoms with E-state index in [1.54, 1.807) is 0 Å². The van der Waals surface area contributed by atoms with Crippen molar-refractivity contribution in [2.45, 2.75) is 52.6 Å². The zero-order chi connectivity index (χ0) is 9.84. The third-order valence-electron chi connectivity index (χ3n) is 2.67. The third-order valence-corrected chi connectivity index (χ3v) is 2.67. The van der Waals surface area contributed by atoms with Gasteiger partial charge in [0.15, 0.2) is 0 Å². The molecule has 2 heteroatoms. The molecule has 0 aromatic carbocycles. The van der Waals surface area contributed by atoms with Crippen LogP contribution in [0.25, 0.3) is 0 Å². The summed E-state index contributed by atoms with van der Waals surface area (Å²) in [6.07, 6.45) is 6.82. The van der Waals surface area contributed by atoms with Crippen LogP contribution in [0.4, 0.5) is 0 Å². The fraction of sp³-hybridized carbons (Fsp3) is 0.818. The van der Waals surface area contributed by atoms with Gasteiger partial charge in [0.2, 0.25) is 0 Å². The first-order chi connectivity index (χ1) is 6.11. The fourth-order valence-electron chi connectivity index (χ4n) is 1.72. The van der Waals surface area contributed by atoms with Crippen molar-refractivity contribution in [3.8, 4) is 0 Å². The van der Waals surface area contributed by atoms with Gasteiger partial charge in [-0.05, 0) is 38.7 Å². The average molecular weight is 182 g/mol. The molecule has 0 aromatic rings. The maximum absolute atomic E-state index is 3.28. The Labute approximate surface area is 82.0 Å². The molecule has 1 aliphatic heterocycles. The number of hydrogen-bond donors (Lipinski definition) is 1. The molecule has 2 atom stereocenters. The molecule has 1 heterocycles. The molecule has 1 rings (SSSR count). The summed E-state index contributed by atoms with van der Waals surface area (Å²) in [4.78, 5) is 0. The van der Waals surface area contributed by atoms with E-state index < -0.39 is 0 Å². The summed E-state index contributed by atoms with van der Waals surface area (Å²) in [7, 11) is 0. The Balaban J connectivity index is 2.27. The van der Waals surface area contributed by atoms with E-state index in [1.807, 2.05) is 6.20 Å². The van der Waals surface area contributed by atoms with Gasteiger partial charge in [0.05, 0.1) is 0 Å². The lowest BCUT2D eigenvalue weighted by atomic mass is 10.0. The zero-order valence-corrected chi connectivity index (χ0v) is 9.25. The van der Waals surface area contributed by atoms with Crippen LogP contribution in [-0.4, -0.2) is 17.1 Å². The molecule has 1 aliphatic rings. The summed E-state index contributed by atoms with van der Waals surface area (Å²) in [6, 6.07) is 1.18. The van der Waals surface area contributed by atoms with Gasteiger partial charge >= 0.3 is 0 Å². The highest BCUT2D eigenvalue weighted by Gasteiger charge is 2.20. The first-order valence-corrected chi connectivity index (χ1v) is 5.32. The van der Waals surface area contributed by atoms with Crippen LogP contribution in [0.1, 0.15) is 40.5 Å². The van der Waals surface area contributed by atoms with Crippen molar-refractivity contribution in [2.24, 2.45) is 5.92 Å². The second kappa shape index (κ2) is 4.66. The lowest BCUT2D eigenvalue weighted by Crippen LogP contribution is -2.42. The predicted molar refractivity (Wildman–Crippen MR) is 57.1 cm³/mol. The van der Waals surface area contributed by atoms with Crippen molar-refractivity contribution in [2.75, 3.05) is 0 Å². The average Bonchev–Trinajstić information content (AvgIpc) is 2.47. The Morgan fingerprint density at radius 1 is 1.31 bits per heavy atom. The molecule has 1 N–H and O–H groups in total. The molecule has 0 bridgehead atoms. The third kappa shape index (κ3) is 3.03. The van der Waals surface area contributed by atoms with E-state index in [4.69, 9.17) is 0 Å². The minimum absolute atomic E-state index is 0.544. The molecule has 0 saturated carbocycles. The van der Waals surface area contributed by atoms with Gasteiger partial charge in [-0.15, -0.1) is 0 Å². The van der Waals surface area contributed by atoms with Crippen LogP contribution < -0.4 is 5.43 Å². The summed E-state index contributed by atoms with van der Waals surface area (Å²) in [5.41, 5.74) is 3.28. The van der Waals surface area contributed by atoms with Crippen molar-refractivity contribution < 1.29 is 0 Å².